The minimum absolute atomic E-state index is 0.191. The molecule has 0 aliphatic heterocycles. The first kappa shape index (κ1) is 15.4. The molecule has 1 aromatic rings. The summed E-state index contributed by atoms with van der Waals surface area (Å²) in [6.07, 6.45) is -4.06. The number of halogens is 3. The Morgan fingerprint density at radius 3 is 2.58 bits per heavy atom. The molecule has 0 unspecified atom stereocenters. The van der Waals surface area contributed by atoms with Crippen molar-refractivity contribution in [2.45, 2.75) is 25.9 Å². The first-order valence-electron chi connectivity index (χ1n) is 5.59. The van der Waals surface area contributed by atoms with Crippen molar-refractivity contribution in [2.24, 2.45) is 0 Å². The maximum atomic E-state index is 12.1. The van der Waals surface area contributed by atoms with Gasteiger partial charge in [-0.15, -0.1) is 0 Å². The van der Waals surface area contributed by atoms with Gasteiger partial charge in [0.05, 0.1) is 12.7 Å². The highest BCUT2D eigenvalue weighted by Gasteiger charge is 2.27. The van der Waals surface area contributed by atoms with Crippen LogP contribution in [-0.2, 0) is 11.3 Å². The van der Waals surface area contributed by atoms with E-state index in [1.807, 2.05) is 0 Å². The largest absolute Gasteiger partial charge is 0.389 e. The first-order valence-corrected chi connectivity index (χ1v) is 5.59. The monoisotopic (exact) mass is 276 g/mol. The minimum Gasteiger partial charge on any atom is -0.274 e. The Bertz CT molecular complexity index is 461. The number of pyridine rings is 1. The Morgan fingerprint density at radius 1 is 1.47 bits per heavy atom. The van der Waals surface area contributed by atoms with Crippen LogP contribution in [0.2, 0.25) is 0 Å². The van der Waals surface area contributed by atoms with Crippen molar-refractivity contribution in [2.75, 3.05) is 14.2 Å². The van der Waals surface area contributed by atoms with Gasteiger partial charge in [-0.1, -0.05) is 0 Å². The van der Waals surface area contributed by atoms with Crippen LogP contribution in [0.5, 0.6) is 0 Å². The van der Waals surface area contributed by atoms with Gasteiger partial charge < -0.3 is 0 Å². The maximum Gasteiger partial charge on any atom is 0.389 e. The third-order valence-electron chi connectivity index (χ3n) is 2.64. The maximum absolute atomic E-state index is 12.1. The fourth-order valence-electron chi connectivity index (χ4n) is 1.51. The zero-order chi connectivity index (χ0) is 14.6. The second-order valence-corrected chi connectivity index (χ2v) is 4.09. The summed E-state index contributed by atoms with van der Waals surface area (Å²) in [6.45, 7) is 1.63. The fourth-order valence-corrected chi connectivity index (χ4v) is 1.51. The van der Waals surface area contributed by atoms with E-state index in [2.05, 4.69) is 4.98 Å². The normalized spacial score (nSPS) is 11.5. The molecule has 1 heterocycles. The topological polar surface area (TPSA) is 42.4 Å². The summed E-state index contributed by atoms with van der Waals surface area (Å²) in [7, 11) is 2.78. The van der Waals surface area contributed by atoms with Gasteiger partial charge in [0.1, 0.15) is 0 Å². The molecular formula is C12H15F3N2O2. The summed E-state index contributed by atoms with van der Waals surface area (Å²) in [5.74, 6) is -0.402. The van der Waals surface area contributed by atoms with E-state index in [9.17, 15) is 18.0 Å². The van der Waals surface area contributed by atoms with E-state index < -0.39 is 18.5 Å². The van der Waals surface area contributed by atoms with Crippen LogP contribution >= 0.6 is 0 Å². The van der Waals surface area contributed by atoms with Crippen molar-refractivity contribution in [3.63, 3.8) is 0 Å². The molecular weight excluding hydrogens is 261 g/mol. The highest BCUT2D eigenvalue weighted by molar-refractivity contribution is 5.93. The van der Waals surface area contributed by atoms with Gasteiger partial charge in [0.15, 0.2) is 0 Å². The molecule has 7 heteroatoms. The molecule has 0 spiro atoms. The van der Waals surface area contributed by atoms with E-state index in [-0.39, 0.29) is 12.0 Å². The van der Waals surface area contributed by atoms with Crippen molar-refractivity contribution in [1.82, 2.24) is 10.0 Å². The summed E-state index contributed by atoms with van der Waals surface area (Å²) in [4.78, 5) is 20.4. The van der Waals surface area contributed by atoms with Crippen LogP contribution in [0.1, 0.15) is 28.0 Å². The molecule has 0 aromatic carbocycles. The van der Waals surface area contributed by atoms with Gasteiger partial charge in [-0.25, -0.2) is 5.06 Å². The summed E-state index contributed by atoms with van der Waals surface area (Å²) in [6, 6.07) is 1.51. The highest BCUT2D eigenvalue weighted by Crippen LogP contribution is 2.22. The lowest BCUT2D eigenvalue weighted by Crippen LogP contribution is -2.25. The standard InChI is InChI=1S/C12H15F3N2O2/c1-8-6-9(11(18)17(2)19-3)7-16-10(8)4-5-12(13,14)15/h6-7H,4-5H2,1-3H3. The molecule has 19 heavy (non-hydrogen) atoms. The third kappa shape index (κ3) is 4.51. The van der Waals surface area contributed by atoms with E-state index in [4.69, 9.17) is 4.84 Å². The molecule has 0 atom stereocenters. The van der Waals surface area contributed by atoms with Crippen molar-refractivity contribution in [3.8, 4) is 0 Å². The van der Waals surface area contributed by atoms with Crippen LogP contribution in [0.3, 0.4) is 0 Å². The SMILES string of the molecule is CON(C)C(=O)c1cnc(CCC(F)(F)F)c(C)c1. The lowest BCUT2D eigenvalue weighted by Gasteiger charge is -2.14. The highest BCUT2D eigenvalue weighted by atomic mass is 19.4. The van der Waals surface area contributed by atoms with Crippen molar-refractivity contribution >= 4 is 5.91 Å². The first-order chi connectivity index (χ1) is 8.74. The van der Waals surface area contributed by atoms with Crippen LogP contribution in [0.15, 0.2) is 12.3 Å². The Balaban J connectivity index is 2.83. The van der Waals surface area contributed by atoms with E-state index in [1.54, 1.807) is 6.92 Å². The van der Waals surface area contributed by atoms with Gasteiger partial charge in [0.2, 0.25) is 0 Å². The van der Waals surface area contributed by atoms with Crippen molar-refractivity contribution < 1.29 is 22.8 Å². The predicted molar refractivity (Wildman–Crippen MR) is 62.5 cm³/mol. The Hall–Kier alpha value is -1.63. The lowest BCUT2D eigenvalue weighted by molar-refractivity contribution is -0.134. The van der Waals surface area contributed by atoms with Crippen LogP contribution < -0.4 is 0 Å². The predicted octanol–water partition coefficient (Wildman–Crippen LogP) is 2.52. The van der Waals surface area contributed by atoms with Crippen LogP contribution in [-0.4, -0.2) is 36.3 Å². The van der Waals surface area contributed by atoms with Gasteiger partial charge >= 0.3 is 6.18 Å². The van der Waals surface area contributed by atoms with Gasteiger partial charge in [0.25, 0.3) is 5.91 Å². The lowest BCUT2D eigenvalue weighted by atomic mass is 10.1. The van der Waals surface area contributed by atoms with E-state index in [0.29, 0.717) is 11.3 Å². The number of aryl methyl sites for hydroxylation is 2. The van der Waals surface area contributed by atoms with Crippen molar-refractivity contribution in [3.05, 3.63) is 29.1 Å². The molecule has 0 radical (unpaired) electrons. The number of nitrogens with zero attached hydrogens (tertiary/aromatic N) is 2. The third-order valence-corrected chi connectivity index (χ3v) is 2.64. The van der Waals surface area contributed by atoms with Gasteiger partial charge in [-0.05, 0) is 25.0 Å². The van der Waals surface area contributed by atoms with E-state index in [0.717, 1.165) is 5.06 Å². The Kier molecular flexibility index (Phi) is 4.88. The van der Waals surface area contributed by atoms with Crippen molar-refractivity contribution in [1.29, 1.82) is 0 Å². The number of carbonyl (C=O) groups excluding carboxylic acids is 1. The molecule has 0 N–H and O–H groups in total. The molecule has 0 saturated carbocycles. The zero-order valence-electron chi connectivity index (χ0n) is 10.9. The zero-order valence-corrected chi connectivity index (χ0v) is 10.9. The molecule has 0 aliphatic rings. The van der Waals surface area contributed by atoms with E-state index >= 15 is 0 Å². The van der Waals surface area contributed by atoms with Crippen LogP contribution in [0.4, 0.5) is 13.2 Å². The number of aromatic nitrogens is 1. The molecule has 4 nitrogen and oxygen atoms in total. The smallest absolute Gasteiger partial charge is 0.274 e. The second kappa shape index (κ2) is 6.01. The molecule has 0 saturated heterocycles. The number of amides is 1. The minimum atomic E-state index is -4.21. The molecule has 0 fully saturated rings. The average molecular weight is 276 g/mol. The molecule has 1 aromatic heterocycles. The van der Waals surface area contributed by atoms with Gasteiger partial charge in [0, 0.05) is 25.4 Å². The van der Waals surface area contributed by atoms with Gasteiger partial charge in [-0.2, -0.15) is 13.2 Å². The average Bonchev–Trinajstić information content (AvgIpc) is 2.34. The van der Waals surface area contributed by atoms with Crippen LogP contribution in [0, 0.1) is 6.92 Å². The van der Waals surface area contributed by atoms with Gasteiger partial charge in [-0.3, -0.25) is 14.6 Å². The number of hydrogen-bond acceptors (Lipinski definition) is 3. The summed E-state index contributed by atoms with van der Waals surface area (Å²) in [5.41, 5.74) is 1.17. The Morgan fingerprint density at radius 2 is 2.11 bits per heavy atom. The summed E-state index contributed by atoms with van der Waals surface area (Å²) in [5, 5.41) is 1.02. The molecule has 106 valence electrons. The van der Waals surface area contributed by atoms with E-state index in [1.165, 1.54) is 26.4 Å². The second-order valence-electron chi connectivity index (χ2n) is 4.09. The Labute approximate surface area is 109 Å². The number of carbonyl (C=O) groups is 1. The quantitative estimate of drug-likeness (QED) is 0.794. The fraction of sp³-hybridized carbons (Fsp3) is 0.500. The number of rotatable bonds is 4. The summed E-state index contributed by atoms with van der Waals surface area (Å²) < 4.78 is 36.4. The molecule has 0 aliphatic carbocycles. The van der Waals surface area contributed by atoms with Crippen LogP contribution in [0.25, 0.3) is 0 Å². The number of alkyl halides is 3. The molecule has 1 amide bonds. The number of hydrogen-bond donors (Lipinski definition) is 0. The number of hydroxylamine groups is 2. The summed E-state index contributed by atoms with van der Waals surface area (Å²) >= 11 is 0. The molecule has 0 bridgehead atoms. The molecule has 1 rings (SSSR count).